The molecule has 15 heteroatoms. The molecule has 3 aromatic heterocycles. The summed E-state index contributed by atoms with van der Waals surface area (Å²) < 4.78 is 32.3. The van der Waals surface area contributed by atoms with E-state index in [9.17, 15) is 14.0 Å². The van der Waals surface area contributed by atoms with E-state index in [1.54, 1.807) is 30.8 Å². The van der Waals surface area contributed by atoms with Gasteiger partial charge in [-0.25, -0.2) is 13.8 Å². The van der Waals surface area contributed by atoms with Crippen LogP contribution in [0.5, 0.6) is 6.01 Å². The molecule has 2 fully saturated rings. The predicted octanol–water partition coefficient (Wildman–Crippen LogP) is 3.88. The number of thioether (sulfide) groups is 1. The number of nitrogens with zero attached hydrogens (tertiary/aromatic N) is 8. The Balaban J connectivity index is 0.000000524. The maximum Gasteiger partial charge on any atom is 0.322 e. The van der Waals surface area contributed by atoms with Crippen LogP contribution >= 0.6 is 23.1 Å². The first kappa shape index (κ1) is 30.0. The first-order valence-corrected chi connectivity index (χ1v) is 15.4. The summed E-state index contributed by atoms with van der Waals surface area (Å²) in [6.07, 6.45) is 1.72. The van der Waals surface area contributed by atoms with Gasteiger partial charge in [0.2, 0.25) is 11.9 Å². The molecule has 11 nitrogen and oxygen atoms in total. The summed E-state index contributed by atoms with van der Waals surface area (Å²) in [5, 5.41) is 10.2. The number of nitrogen functional groups attached to an aromatic ring is 2. The van der Waals surface area contributed by atoms with Crippen molar-refractivity contribution < 1.29 is 13.5 Å². The molecule has 2 saturated heterocycles. The molecule has 224 valence electrons. The van der Waals surface area contributed by atoms with Crippen molar-refractivity contribution in [3.8, 4) is 12.1 Å². The van der Waals surface area contributed by atoms with Gasteiger partial charge < -0.3 is 30.9 Å². The minimum absolute atomic E-state index is 0.0128. The fourth-order valence-electron chi connectivity index (χ4n) is 5.51. The molecular weight excluding hydrogens is 582 g/mol. The van der Waals surface area contributed by atoms with Crippen LogP contribution in [0.1, 0.15) is 47.4 Å². The molecule has 1 atom stereocenters. The highest BCUT2D eigenvalue weighted by Crippen LogP contribution is 2.57. The van der Waals surface area contributed by atoms with E-state index >= 15 is 0 Å². The molecule has 0 amide bonds. The Morgan fingerprint density at radius 3 is 2.55 bits per heavy atom. The number of likely N-dealkylation sites (tertiary alicyclic amines) is 1. The van der Waals surface area contributed by atoms with Crippen LogP contribution in [-0.4, -0.2) is 78.1 Å². The van der Waals surface area contributed by atoms with Crippen LogP contribution in [-0.2, 0) is 10.5 Å². The molecular formula is C27H34F2N10OS2. The molecule has 3 aliphatic heterocycles. The number of nitriles is 1. The van der Waals surface area contributed by atoms with Gasteiger partial charge in [-0.05, 0) is 46.0 Å². The number of hydrogen-bond donors (Lipinski definition) is 2. The van der Waals surface area contributed by atoms with Crippen LogP contribution in [0, 0.1) is 11.3 Å². The zero-order valence-electron chi connectivity index (χ0n) is 23.8. The summed E-state index contributed by atoms with van der Waals surface area (Å²) in [7, 11) is 3.58. The van der Waals surface area contributed by atoms with E-state index in [0.29, 0.717) is 35.2 Å². The Hall–Kier alpha value is -3.48. The van der Waals surface area contributed by atoms with E-state index < -0.39 is 19.0 Å². The summed E-state index contributed by atoms with van der Waals surface area (Å²) in [4.78, 5) is 24.1. The van der Waals surface area contributed by atoms with Crippen LogP contribution in [0.25, 0.3) is 0 Å². The number of hydrogen-bond acceptors (Lipinski definition) is 13. The molecule has 4 N–H and O–H groups in total. The maximum absolute atomic E-state index is 13.6. The highest BCUT2D eigenvalue weighted by Gasteiger charge is 2.53. The number of aromatic nitrogens is 4. The Labute approximate surface area is 251 Å². The number of pyridine rings is 1. The zero-order chi connectivity index (χ0) is 30.0. The van der Waals surface area contributed by atoms with E-state index in [-0.39, 0.29) is 22.5 Å². The number of thiophene rings is 1. The smallest absolute Gasteiger partial charge is 0.322 e. The van der Waals surface area contributed by atoms with Crippen LogP contribution in [0.4, 0.5) is 31.5 Å². The molecule has 1 spiro atoms. The molecule has 0 aromatic carbocycles. The first-order valence-electron chi connectivity index (χ1n) is 13.6. The third-order valence-electron chi connectivity index (χ3n) is 7.71. The van der Waals surface area contributed by atoms with Gasteiger partial charge in [-0.2, -0.15) is 20.2 Å². The second kappa shape index (κ2) is 12.4. The van der Waals surface area contributed by atoms with Crippen molar-refractivity contribution in [2.45, 2.75) is 42.7 Å². The average Bonchev–Trinajstić information content (AvgIpc) is 3.66. The summed E-state index contributed by atoms with van der Waals surface area (Å²) in [5.41, 5.74) is 14.2. The standard InChI is InChI=1S/C22H23F2N9OS2.C5H11N/c1-11(12-4-3-5-28-17(12)26)33(7-15(23)24)20-29-19(30-21(31-20)34-2)32-9-22(10-32)16-13(6-25)18(27)36-14(16)8-35-22;1-6-4-2-3-5-6/h3-5,11,15H,7-10,27H2,1-2H3,(H2,26,28);2-5H2,1H3. The molecule has 0 aliphatic carbocycles. The Morgan fingerprint density at radius 2 is 1.95 bits per heavy atom. The van der Waals surface area contributed by atoms with Gasteiger partial charge in [0.05, 0.1) is 30.0 Å². The number of fused-ring (bicyclic) bond motifs is 2. The summed E-state index contributed by atoms with van der Waals surface area (Å²) in [6.45, 7) is 4.85. The molecule has 0 radical (unpaired) electrons. The molecule has 1 unspecified atom stereocenters. The van der Waals surface area contributed by atoms with Crippen LogP contribution in [0.15, 0.2) is 18.3 Å². The molecule has 0 bridgehead atoms. The second-order valence-electron chi connectivity index (χ2n) is 10.5. The zero-order valence-corrected chi connectivity index (χ0v) is 25.4. The van der Waals surface area contributed by atoms with Crippen molar-refractivity contribution in [1.29, 1.82) is 5.26 Å². The summed E-state index contributed by atoms with van der Waals surface area (Å²) in [6, 6.07) is 5.10. The Kier molecular flexibility index (Phi) is 8.86. The lowest BCUT2D eigenvalue weighted by molar-refractivity contribution is 0.151. The van der Waals surface area contributed by atoms with Gasteiger partial charge in [0, 0.05) is 41.0 Å². The lowest BCUT2D eigenvalue weighted by Gasteiger charge is -2.47. The number of rotatable bonds is 7. The van der Waals surface area contributed by atoms with Gasteiger partial charge >= 0.3 is 6.01 Å². The Bertz CT molecular complexity index is 1450. The van der Waals surface area contributed by atoms with Crippen LogP contribution in [0.3, 0.4) is 0 Å². The number of ether oxygens (including phenoxy) is 1. The second-order valence-corrected chi connectivity index (χ2v) is 13.0. The number of alkyl halides is 2. The van der Waals surface area contributed by atoms with Gasteiger partial charge in [-0.15, -0.1) is 23.1 Å². The van der Waals surface area contributed by atoms with E-state index in [4.69, 9.17) is 16.2 Å². The lowest BCUT2D eigenvalue weighted by atomic mass is 9.88. The summed E-state index contributed by atoms with van der Waals surface area (Å²) >= 11 is 3.22. The monoisotopic (exact) mass is 616 g/mol. The number of nitrogens with two attached hydrogens (primary N) is 2. The normalized spacial score (nSPS) is 17.8. The molecule has 0 saturated carbocycles. The predicted molar refractivity (Wildman–Crippen MR) is 162 cm³/mol. The number of halogens is 2. The fraction of sp³-hybridized carbons (Fsp3) is 0.519. The minimum atomic E-state index is -2.65. The van der Waals surface area contributed by atoms with Crippen LogP contribution in [0.2, 0.25) is 0 Å². The highest BCUT2D eigenvalue weighted by molar-refractivity contribution is 8.00. The quantitative estimate of drug-likeness (QED) is 0.397. The van der Waals surface area contributed by atoms with Crippen molar-refractivity contribution in [3.63, 3.8) is 0 Å². The van der Waals surface area contributed by atoms with E-state index in [2.05, 4.69) is 38.0 Å². The molecule has 6 heterocycles. The third-order valence-corrected chi connectivity index (χ3v) is 10.4. The van der Waals surface area contributed by atoms with Gasteiger partial charge in [0.15, 0.2) is 0 Å². The first-order chi connectivity index (χ1) is 20.2. The largest absolute Gasteiger partial charge is 0.467 e. The summed E-state index contributed by atoms with van der Waals surface area (Å²) in [5.74, 6) is 1.39. The number of anilines is 4. The van der Waals surface area contributed by atoms with Crippen LogP contribution < -0.4 is 26.0 Å². The minimum Gasteiger partial charge on any atom is -0.467 e. The van der Waals surface area contributed by atoms with E-state index in [1.165, 1.54) is 55.5 Å². The van der Waals surface area contributed by atoms with Gasteiger partial charge in [0.25, 0.3) is 6.43 Å². The van der Waals surface area contributed by atoms with Crippen molar-refractivity contribution >= 4 is 45.8 Å². The van der Waals surface area contributed by atoms with E-state index in [1.807, 2.05) is 4.90 Å². The van der Waals surface area contributed by atoms with Crippen molar-refractivity contribution in [1.82, 2.24) is 24.8 Å². The highest BCUT2D eigenvalue weighted by atomic mass is 32.2. The maximum atomic E-state index is 13.6. The Morgan fingerprint density at radius 1 is 1.21 bits per heavy atom. The van der Waals surface area contributed by atoms with Gasteiger partial charge in [-0.3, -0.25) is 0 Å². The molecule has 42 heavy (non-hydrogen) atoms. The molecule has 6 rings (SSSR count). The molecule has 3 aromatic rings. The number of methoxy groups -OCH3 is 1. The van der Waals surface area contributed by atoms with Crippen molar-refractivity contribution in [2.24, 2.45) is 0 Å². The van der Waals surface area contributed by atoms with Crippen molar-refractivity contribution in [2.75, 3.05) is 68.1 Å². The van der Waals surface area contributed by atoms with Crippen molar-refractivity contribution in [3.05, 3.63) is 39.9 Å². The SMILES string of the molecule is CN1CCCC1.COc1nc(N2CC3(C2)SCc2sc(N)c(C#N)c23)nc(N(CC(F)F)C(C)c2cccnc2N)n1. The molecule has 3 aliphatic rings. The van der Waals surface area contributed by atoms with E-state index in [0.717, 1.165) is 16.2 Å². The average molecular weight is 617 g/mol. The fourth-order valence-corrected chi connectivity index (χ4v) is 8.32. The van der Waals surface area contributed by atoms with Gasteiger partial charge in [0.1, 0.15) is 16.9 Å². The third kappa shape index (κ3) is 5.88. The lowest BCUT2D eigenvalue weighted by Crippen LogP contribution is -2.57. The van der Waals surface area contributed by atoms with Gasteiger partial charge in [-0.1, -0.05) is 6.07 Å². The topological polar surface area (TPSA) is 146 Å².